The van der Waals surface area contributed by atoms with Gasteiger partial charge in [0.2, 0.25) is 11.6 Å². The molecule has 0 amide bonds. The molecule has 4 rings (SSSR count). The molecular weight excluding hydrogens is 562 g/mol. The van der Waals surface area contributed by atoms with Crippen LogP contribution in [0, 0.1) is 35.1 Å². The van der Waals surface area contributed by atoms with Crippen LogP contribution in [0.4, 0.5) is 26.3 Å². The normalized spacial score (nSPS) is 17.1. The van der Waals surface area contributed by atoms with Gasteiger partial charge < -0.3 is 14.2 Å². The predicted molar refractivity (Wildman–Crippen MR) is 145 cm³/mol. The fourth-order valence-electron chi connectivity index (χ4n) is 4.81. The van der Waals surface area contributed by atoms with Crippen molar-refractivity contribution in [2.75, 3.05) is 13.2 Å². The minimum atomic E-state index is -3.39. The molecule has 0 spiro atoms. The Morgan fingerprint density at radius 3 is 1.81 bits per heavy atom. The molecule has 0 saturated heterocycles. The SMILES string of the molecule is CCCOc1ccc(-c2ccc(OCCC(F)(F)c3ccc(OC(=O)C4CCC(C)CC4)cc3)c(F)c2F)c(F)c1F. The van der Waals surface area contributed by atoms with Crippen LogP contribution in [-0.2, 0) is 10.7 Å². The Labute approximate surface area is 240 Å². The molecule has 4 nitrogen and oxygen atoms in total. The van der Waals surface area contributed by atoms with Crippen molar-refractivity contribution in [3.05, 3.63) is 77.4 Å². The number of hydrogen-bond acceptors (Lipinski definition) is 4. The maximum Gasteiger partial charge on any atom is 0.314 e. The van der Waals surface area contributed by atoms with Gasteiger partial charge in [0, 0.05) is 23.1 Å². The minimum Gasteiger partial charge on any atom is -0.490 e. The van der Waals surface area contributed by atoms with E-state index in [-0.39, 0.29) is 35.6 Å². The Balaban J connectivity index is 1.36. The van der Waals surface area contributed by atoms with Crippen LogP contribution >= 0.6 is 0 Å². The molecule has 0 N–H and O–H groups in total. The van der Waals surface area contributed by atoms with Crippen molar-refractivity contribution in [1.29, 1.82) is 0 Å². The van der Waals surface area contributed by atoms with Crippen LogP contribution in [0.15, 0.2) is 48.5 Å². The molecule has 0 heterocycles. The van der Waals surface area contributed by atoms with Crippen LogP contribution in [0.2, 0.25) is 0 Å². The molecule has 0 aliphatic heterocycles. The van der Waals surface area contributed by atoms with Gasteiger partial charge in [-0.05, 0) is 86.6 Å². The fourth-order valence-corrected chi connectivity index (χ4v) is 4.81. The zero-order valence-electron chi connectivity index (χ0n) is 23.3. The number of carbonyl (C=O) groups excluding carboxylic acids is 1. The van der Waals surface area contributed by atoms with E-state index in [9.17, 15) is 31.1 Å². The van der Waals surface area contributed by atoms with Gasteiger partial charge in [0.1, 0.15) is 5.75 Å². The van der Waals surface area contributed by atoms with Gasteiger partial charge in [0.05, 0.1) is 19.1 Å². The molecule has 0 radical (unpaired) electrons. The maximum absolute atomic E-state index is 14.8. The Morgan fingerprint density at radius 2 is 1.29 bits per heavy atom. The first-order valence-corrected chi connectivity index (χ1v) is 13.9. The second-order valence-corrected chi connectivity index (χ2v) is 10.5. The molecule has 0 unspecified atom stereocenters. The predicted octanol–water partition coefficient (Wildman–Crippen LogP) is 8.99. The number of halogens is 6. The first-order valence-electron chi connectivity index (χ1n) is 13.9. The molecule has 10 heteroatoms. The van der Waals surface area contributed by atoms with E-state index in [1.807, 2.05) is 0 Å². The Hall–Kier alpha value is -3.69. The zero-order valence-corrected chi connectivity index (χ0v) is 23.3. The van der Waals surface area contributed by atoms with Crippen molar-refractivity contribution in [1.82, 2.24) is 0 Å². The lowest BCUT2D eigenvalue weighted by molar-refractivity contribution is -0.140. The summed E-state index contributed by atoms with van der Waals surface area (Å²) >= 11 is 0. The Bertz CT molecular complexity index is 1380. The first-order chi connectivity index (χ1) is 20.0. The number of esters is 1. The molecule has 1 fully saturated rings. The van der Waals surface area contributed by atoms with Gasteiger partial charge in [-0.25, -0.2) is 17.6 Å². The van der Waals surface area contributed by atoms with Crippen molar-refractivity contribution in [2.24, 2.45) is 11.8 Å². The highest BCUT2D eigenvalue weighted by Crippen LogP contribution is 2.37. The van der Waals surface area contributed by atoms with Gasteiger partial charge in [-0.15, -0.1) is 0 Å². The topological polar surface area (TPSA) is 44.8 Å². The fraction of sp³-hybridized carbons (Fsp3) is 0.406. The van der Waals surface area contributed by atoms with E-state index >= 15 is 0 Å². The van der Waals surface area contributed by atoms with Crippen LogP contribution in [0.3, 0.4) is 0 Å². The van der Waals surface area contributed by atoms with Crippen molar-refractivity contribution >= 4 is 5.97 Å². The van der Waals surface area contributed by atoms with Crippen molar-refractivity contribution < 1.29 is 45.3 Å². The third-order valence-electron chi connectivity index (χ3n) is 7.36. The molecule has 1 aliphatic carbocycles. The van der Waals surface area contributed by atoms with Gasteiger partial charge in [-0.1, -0.05) is 13.8 Å². The highest BCUT2D eigenvalue weighted by atomic mass is 19.3. The molecule has 42 heavy (non-hydrogen) atoms. The summed E-state index contributed by atoms with van der Waals surface area (Å²) < 4.78 is 104. The van der Waals surface area contributed by atoms with E-state index in [0.717, 1.165) is 62.1 Å². The number of rotatable bonds is 11. The summed E-state index contributed by atoms with van der Waals surface area (Å²) in [5.74, 6) is -10.1. The van der Waals surface area contributed by atoms with E-state index in [1.54, 1.807) is 6.92 Å². The van der Waals surface area contributed by atoms with Crippen LogP contribution in [-0.4, -0.2) is 19.2 Å². The molecule has 3 aromatic rings. The number of ether oxygens (including phenoxy) is 3. The summed E-state index contributed by atoms with van der Waals surface area (Å²) in [5, 5.41) is 0. The van der Waals surface area contributed by atoms with E-state index in [1.165, 1.54) is 12.1 Å². The number of alkyl halides is 2. The highest BCUT2D eigenvalue weighted by molar-refractivity contribution is 5.75. The van der Waals surface area contributed by atoms with Gasteiger partial charge >= 0.3 is 5.97 Å². The second-order valence-electron chi connectivity index (χ2n) is 10.5. The molecule has 0 aromatic heterocycles. The van der Waals surface area contributed by atoms with Crippen LogP contribution in [0.25, 0.3) is 11.1 Å². The average molecular weight is 595 g/mol. The van der Waals surface area contributed by atoms with Gasteiger partial charge in [0.25, 0.3) is 5.92 Å². The Morgan fingerprint density at radius 1 is 0.762 bits per heavy atom. The van der Waals surface area contributed by atoms with E-state index in [4.69, 9.17) is 14.2 Å². The molecule has 226 valence electrons. The van der Waals surface area contributed by atoms with Gasteiger partial charge in [-0.2, -0.15) is 8.78 Å². The zero-order chi connectivity index (χ0) is 30.4. The summed E-state index contributed by atoms with van der Waals surface area (Å²) in [7, 11) is 0. The summed E-state index contributed by atoms with van der Waals surface area (Å²) in [6, 6.07) is 8.94. The van der Waals surface area contributed by atoms with Crippen LogP contribution in [0.5, 0.6) is 17.2 Å². The van der Waals surface area contributed by atoms with Gasteiger partial charge in [-0.3, -0.25) is 4.79 Å². The summed E-state index contributed by atoms with van der Waals surface area (Å²) in [6.07, 6.45) is 3.04. The lowest BCUT2D eigenvalue weighted by atomic mass is 9.83. The average Bonchev–Trinajstić information content (AvgIpc) is 2.97. The standard InChI is InChI=1S/C32H32F6O4/c1-3-17-40-25-14-12-23(27(33)29(25)35)24-13-15-26(30(36)28(24)34)41-18-16-32(37,38)21-8-10-22(11-9-21)42-31(39)20-6-4-19(2)5-7-20/h8-15,19-20H,3-7,16-18H2,1-2H3. The molecule has 3 aromatic carbocycles. The number of hydrogen-bond donors (Lipinski definition) is 0. The molecule has 0 bridgehead atoms. The van der Waals surface area contributed by atoms with Crippen LogP contribution < -0.4 is 14.2 Å². The summed E-state index contributed by atoms with van der Waals surface area (Å²) in [5.41, 5.74) is -1.47. The Kier molecular flexibility index (Phi) is 10.1. The molecule has 1 aliphatic rings. The molecule has 0 atom stereocenters. The number of benzene rings is 3. The lowest BCUT2D eigenvalue weighted by Crippen LogP contribution is -2.25. The molecule has 1 saturated carbocycles. The number of carbonyl (C=O) groups is 1. The minimum absolute atomic E-state index is 0.143. The van der Waals surface area contributed by atoms with E-state index in [0.29, 0.717) is 12.3 Å². The largest absolute Gasteiger partial charge is 0.490 e. The smallest absolute Gasteiger partial charge is 0.314 e. The monoisotopic (exact) mass is 594 g/mol. The van der Waals surface area contributed by atoms with Crippen molar-refractivity contribution in [3.8, 4) is 28.4 Å². The highest BCUT2D eigenvalue weighted by Gasteiger charge is 2.32. The quantitative estimate of drug-likeness (QED) is 0.126. The van der Waals surface area contributed by atoms with Crippen molar-refractivity contribution in [2.45, 2.75) is 58.3 Å². The third-order valence-corrected chi connectivity index (χ3v) is 7.36. The van der Waals surface area contributed by atoms with Crippen molar-refractivity contribution in [3.63, 3.8) is 0 Å². The summed E-state index contributed by atoms with van der Waals surface area (Å²) in [6.45, 7) is 3.38. The first kappa shape index (κ1) is 31.3. The summed E-state index contributed by atoms with van der Waals surface area (Å²) in [4.78, 5) is 12.4. The molecular formula is C32H32F6O4. The van der Waals surface area contributed by atoms with Crippen LogP contribution in [0.1, 0.15) is 57.9 Å². The van der Waals surface area contributed by atoms with E-state index < -0.39 is 59.1 Å². The lowest BCUT2D eigenvalue weighted by Gasteiger charge is -2.24. The maximum atomic E-state index is 14.8. The van der Waals surface area contributed by atoms with Gasteiger partial charge in [0.15, 0.2) is 23.1 Å². The second kappa shape index (κ2) is 13.5. The van der Waals surface area contributed by atoms with E-state index in [2.05, 4.69) is 6.92 Å². The third kappa shape index (κ3) is 7.20.